The Kier molecular flexibility index (Phi) is 5.02. The maximum absolute atomic E-state index is 14.3. The Morgan fingerprint density at radius 3 is 2.37 bits per heavy atom. The fourth-order valence-corrected chi connectivity index (χ4v) is 2.38. The van der Waals surface area contributed by atoms with E-state index in [2.05, 4.69) is 15.0 Å². The molecule has 0 saturated carbocycles. The monoisotopic (exact) mass is 381 g/mol. The van der Waals surface area contributed by atoms with Crippen LogP contribution in [0.2, 0.25) is 0 Å². The van der Waals surface area contributed by atoms with Crippen LogP contribution in [0.15, 0.2) is 43.0 Å². The first-order valence-corrected chi connectivity index (χ1v) is 7.79. The van der Waals surface area contributed by atoms with Crippen LogP contribution in [-0.4, -0.2) is 15.0 Å². The number of ether oxygens (including phenoxy) is 1. The third-order valence-corrected chi connectivity index (χ3v) is 3.72. The zero-order chi connectivity index (χ0) is 19.6. The maximum atomic E-state index is 14.3. The Labute approximate surface area is 150 Å². The van der Waals surface area contributed by atoms with E-state index in [4.69, 9.17) is 4.74 Å². The summed E-state index contributed by atoms with van der Waals surface area (Å²) in [4.78, 5) is 11.0. The molecule has 0 bridgehead atoms. The Balaban J connectivity index is 1.98. The molecule has 140 valence electrons. The number of benzene rings is 1. The Hall–Kier alpha value is -3.10. The van der Waals surface area contributed by atoms with Gasteiger partial charge in [-0.25, -0.2) is 23.7 Å². The van der Waals surface area contributed by atoms with Crippen LogP contribution >= 0.6 is 0 Å². The number of nitrogens with zero attached hydrogens (tertiary/aromatic N) is 3. The Morgan fingerprint density at radius 2 is 1.74 bits per heavy atom. The van der Waals surface area contributed by atoms with Gasteiger partial charge in [-0.3, -0.25) is 0 Å². The van der Waals surface area contributed by atoms with E-state index in [1.165, 1.54) is 12.3 Å². The molecule has 9 heteroatoms. The van der Waals surface area contributed by atoms with Crippen molar-refractivity contribution < 1.29 is 26.7 Å². The van der Waals surface area contributed by atoms with Crippen LogP contribution in [0.25, 0.3) is 11.1 Å². The molecule has 27 heavy (non-hydrogen) atoms. The van der Waals surface area contributed by atoms with Crippen LogP contribution in [0.4, 0.5) is 22.0 Å². The van der Waals surface area contributed by atoms with Crippen LogP contribution in [0, 0.1) is 11.6 Å². The molecule has 2 aromatic heterocycles. The van der Waals surface area contributed by atoms with Crippen molar-refractivity contribution in [1.29, 1.82) is 0 Å². The van der Waals surface area contributed by atoms with Gasteiger partial charge in [-0.2, -0.15) is 13.2 Å². The second kappa shape index (κ2) is 7.26. The molecular formula is C18H12F5N3O. The van der Waals surface area contributed by atoms with Crippen LogP contribution in [-0.2, 0) is 12.6 Å². The minimum atomic E-state index is -4.58. The molecule has 0 spiro atoms. The second-order valence-electron chi connectivity index (χ2n) is 5.50. The van der Waals surface area contributed by atoms with Crippen molar-refractivity contribution in [3.8, 4) is 22.8 Å². The van der Waals surface area contributed by atoms with E-state index in [-0.39, 0.29) is 28.3 Å². The summed E-state index contributed by atoms with van der Waals surface area (Å²) in [6.45, 7) is 1.72. The van der Waals surface area contributed by atoms with Gasteiger partial charge in [0.05, 0.1) is 11.8 Å². The zero-order valence-corrected chi connectivity index (χ0v) is 13.9. The number of hydrogen-bond donors (Lipinski definition) is 0. The lowest BCUT2D eigenvalue weighted by atomic mass is 10.0. The fourth-order valence-electron chi connectivity index (χ4n) is 2.38. The van der Waals surface area contributed by atoms with E-state index in [0.29, 0.717) is 6.42 Å². The molecule has 1 aromatic carbocycles. The first-order valence-electron chi connectivity index (χ1n) is 7.79. The molecule has 0 unspecified atom stereocenters. The molecule has 0 aliphatic rings. The van der Waals surface area contributed by atoms with E-state index < -0.39 is 23.5 Å². The van der Waals surface area contributed by atoms with Crippen molar-refractivity contribution in [3.05, 3.63) is 65.9 Å². The quantitative estimate of drug-likeness (QED) is 0.584. The highest BCUT2D eigenvalue weighted by Gasteiger charge is 2.32. The van der Waals surface area contributed by atoms with Crippen molar-refractivity contribution in [2.24, 2.45) is 0 Å². The van der Waals surface area contributed by atoms with Gasteiger partial charge >= 0.3 is 6.18 Å². The predicted octanol–water partition coefficient (Wildman–Crippen LogP) is 5.19. The number of aromatic nitrogens is 3. The summed E-state index contributed by atoms with van der Waals surface area (Å²) in [6.07, 6.45) is -0.945. The lowest BCUT2D eigenvalue weighted by Crippen LogP contribution is -2.07. The molecule has 3 rings (SSSR count). The van der Waals surface area contributed by atoms with Gasteiger partial charge in [-0.15, -0.1) is 0 Å². The molecule has 0 N–H and O–H groups in total. The molecule has 0 fully saturated rings. The summed E-state index contributed by atoms with van der Waals surface area (Å²) < 4.78 is 71.2. The highest BCUT2D eigenvalue weighted by atomic mass is 19.4. The van der Waals surface area contributed by atoms with Crippen LogP contribution in [0.3, 0.4) is 0 Å². The molecule has 0 atom stereocenters. The van der Waals surface area contributed by atoms with E-state index in [9.17, 15) is 22.0 Å². The largest absolute Gasteiger partial charge is 0.437 e. The summed E-state index contributed by atoms with van der Waals surface area (Å²) >= 11 is 0. The first kappa shape index (κ1) is 18.7. The number of halogens is 5. The SMILES string of the molecule is CCc1cc(-c2cncnc2Oc2ccc(C(F)(F)F)nc2)c(F)cc1F. The molecule has 2 heterocycles. The van der Waals surface area contributed by atoms with Crippen molar-refractivity contribution in [3.63, 3.8) is 0 Å². The predicted molar refractivity (Wildman–Crippen MR) is 86.1 cm³/mol. The van der Waals surface area contributed by atoms with Gasteiger partial charge in [-0.05, 0) is 30.2 Å². The second-order valence-corrected chi connectivity index (χ2v) is 5.50. The standard InChI is InChI=1S/C18H12F5N3O/c1-2-10-5-12(15(20)6-14(10)19)13-8-24-9-26-17(13)27-11-3-4-16(25-7-11)18(21,22)23/h3-9H,2H2,1H3. The summed E-state index contributed by atoms with van der Waals surface area (Å²) in [7, 11) is 0. The average molecular weight is 381 g/mol. The van der Waals surface area contributed by atoms with Gasteiger partial charge in [0.1, 0.15) is 29.4 Å². The van der Waals surface area contributed by atoms with E-state index >= 15 is 0 Å². The first-order chi connectivity index (χ1) is 12.8. The van der Waals surface area contributed by atoms with Gasteiger partial charge in [0, 0.05) is 17.8 Å². The zero-order valence-electron chi connectivity index (χ0n) is 13.9. The highest BCUT2D eigenvalue weighted by molar-refractivity contribution is 5.69. The summed E-state index contributed by atoms with van der Waals surface area (Å²) in [5, 5.41) is 0. The summed E-state index contributed by atoms with van der Waals surface area (Å²) in [5.41, 5.74) is -0.638. The number of pyridine rings is 1. The number of alkyl halides is 3. The molecule has 0 aliphatic carbocycles. The third-order valence-electron chi connectivity index (χ3n) is 3.72. The number of aryl methyl sites for hydroxylation is 1. The number of hydrogen-bond acceptors (Lipinski definition) is 4. The molecule has 0 saturated heterocycles. The normalized spacial score (nSPS) is 11.5. The number of rotatable bonds is 4. The third kappa shape index (κ3) is 4.02. The summed E-state index contributed by atoms with van der Waals surface area (Å²) in [6, 6.07) is 3.90. The van der Waals surface area contributed by atoms with E-state index in [1.54, 1.807) is 6.92 Å². The van der Waals surface area contributed by atoms with Gasteiger partial charge < -0.3 is 4.74 Å². The van der Waals surface area contributed by atoms with E-state index in [0.717, 1.165) is 30.7 Å². The Bertz CT molecular complexity index is 958. The van der Waals surface area contributed by atoms with Crippen LogP contribution in [0.5, 0.6) is 11.6 Å². The molecule has 0 amide bonds. The van der Waals surface area contributed by atoms with Crippen molar-refractivity contribution in [1.82, 2.24) is 15.0 Å². The van der Waals surface area contributed by atoms with Gasteiger partial charge in [0.25, 0.3) is 0 Å². The molecule has 0 radical (unpaired) electrons. The van der Waals surface area contributed by atoms with Gasteiger partial charge in [0.2, 0.25) is 5.88 Å². The summed E-state index contributed by atoms with van der Waals surface area (Å²) in [5.74, 6) is -1.64. The molecular weight excluding hydrogens is 369 g/mol. The van der Waals surface area contributed by atoms with Crippen molar-refractivity contribution in [2.45, 2.75) is 19.5 Å². The maximum Gasteiger partial charge on any atom is 0.433 e. The highest BCUT2D eigenvalue weighted by Crippen LogP contribution is 2.34. The van der Waals surface area contributed by atoms with Crippen molar-refractivity contribution in [2.75, 3.05) is 0 Å². The molecule has 3 aromatic rings. The topological polar surface area (TPSA) is 47.9 Å². The minimum Gasteiger partial charge on any atom is -0.437 e. The van der Waals surface area contributed by atoms with Crippen LogP contribution in [0.1, 0.15) is 18.2 Å². The minimum absolute atomic E-state index is 0.0173. The smallest absolute Gasteiger partial charge is 0.433 e. The molecule has 0 aliphatic heterocycles. The lowest BCUT2D eigenvalue weighted by Gasteiger charge is -2.12. The van der Waals surface area contributed by atoms with E-state index in [1.807, 2.05) is 0 Å². The average Bonchev–Trinajstić information content (AvgIpc) is 2.62. The molecule has 4 nitrogen and oxygen atoms in total. The fraction of sp³-hybridized carbons (Fsp3) is 0.167. The lowest BCUT2D eigenvalue weighted by molar-refractivity contribution is -0.141. The van der Waals surface area contributed by atoms with Crippen molar-refractivity contribution >= 4 is 0 Å². The van der Waals surface area contributed by atoms with Crippen LogP contribution < -0.4 is 4.74 Å². The van der Waals surface area contributed by atoms with Gasteiger partial charge in [-0.1, -0.05) is 6.92 Å². The Morgan fingerprint density at radius 1 is 0.963 bits per heavy atom. The van der Waals surface area contributed by atoms with Gasteiger partial charge in [0.15, 0.2) is 0 Å².